The van der Waals surface area contributed by atoms with Crippen LogP contribution in [0.5, 0.6) is 0 Å². The summed E-state index contributed by atoms with van der Waals surface area (Å²) in [5, 5.41) is 4.85. The van der Waals surface area contributed by atoms with E-state index in [-0.39, 0.29) is 30.8 Å². The Labute approximate surface area is 125 Å². The number of carbonyl (C=O) groups excluding carboxylic acids is 4. The van der Waals surface area contributed by atoms with Crippen LogP contribution in [0.1, 0.15) is 12.8 Å². The highest BCUT2D eigenvalue weighted by Gasteiger charge is 2.49. The van der Waals surface area contributed by atoms with Gasteiger partial charge in [-0.15, -0.1) is 11.8 Å². The van der Waals surface area contributed by atoms with E-state index < -0.39 is 11.6 Å². The lowest BCUT2D eigenvalue weighted by Crippen LogP contribution is -2.60. The molecule has 0 aromatic carbocycles. The van der Waals surface area contributed by atoms with Gasteiger partial charge < -0.3 is 15.1 Å². The number of nitrogens with one attached hydrogen (secondary N) is 2. The smallest absolute Gasteiger partial charge is 0.322 e. The quantitative estimate of drug-likeness (QED) is 0.619. The first-order chi connectivity index (χ1) is 10.00. The minimum Gasteiger partial charge on any atom is -0.338 e. The lowest BCUT2D eigenvalue weighted by Gasteiger charge is -2.38. The van der Waals surface area contributed by atoms with Crippen molar-refractivity contribution in [3.05, 3.63) is 0 Å². The van der Waals surface area contributed by atoms with Gasteiger partial charge in [0.1, 0.15) is 12.1 Å². The summed E-state index contributed by atoms with van der Waals surface area (Å²) >= 11 is 1.48. The SMILES string of the molecule is O=C1NC(=O)C2(CCCN(C(=O)CN3CSCC3=O)C2)N1. The van der Waals surface area contributed by atoms with Gasteiger partial charge in [0.25, 0.3) is 5.91 Å². The molecule has 5 amide bonds. The number of nitrogens with zero attached hydrogens (tertiary/aromatic N) is 2. The van der Waals surface area contributed by atoms with Gasteiger partial charge in [0.2, 0.25) is 11.8 Å². The molecule has 3 aliphatic rings. The van der Waals surface area contributed by atoms with E-state index in [9.17, 15) is 19.2 Å². The fraction of sp³-hybridized carbons (Fsp3) is 0.667. The molecule has 3 rings (SSSR count). The fourth-order valence-electron chi connectivity index (χ4n) is 2.89. The third kappa shape index (κ3) is 2.57. The van der Waals surface area contributed by atoms with Crippen LogP contribution in [0.4, 0.5) is 4.79 Å². The summed E-state index contributed by atoms with van der Waals surface area (Å²) in [7, 11) is 0. The van der Waals surface area contributed by atoms with Crippen molar-refractivity contribution in [1.29, 1.82) is 0 Å². The minimum absolute atomic E-state index is 0.0352. The normalized spacial score (nSPS) is 29.0. The van der Waals surface area contributed by atoms with Crippen molar-refractivity contribution in [2.24, 2.45) is 0 Å². The molecular weight excluding hydrogens is 296 g/mol. The molecule has 0 aliphatic carbocycles. The number of thioether (sulfide) groups is 1. The zero-order valence-corrected chi connectivity index (χ0v) is 12.2. The van der Waals surface area contributed by atoms with Crippen LogP contribution in [0.15, 0.2) is 0 Å². The van der Waals surface area contributed by atoms with Crippen LogP contribution in [0, 0.1) is 0 Å². The van der Waals surface area contributed by atoms with Gasteiger partial charge in [0, 0.05) is 6.54 Å². The lowest BCUT2D eigenvalue weighted by atomic mass is 9.89. The van der Waals surface area contributed by atoms with E-state index in [0.29, 0.717) is 31.0 Å². The first-order valence-corrected chi connectivity index (χ1v) is 7.92. The molecular formula is C12H16N4O4S. The molecule has 1 unspecified atom stereocenters. The van der Waals surface area contributed by atoms with Gasteiger partial charge in [-0.25, -0.2) is 4.79 Å². The average Bonchev–Trinajstić information content (AvgIpc) is 2.95. The number of piperidine rings is 1. The topological polar surface area (TPSA) is 98.8 Å². The molecule has 0 saturated carbocycles. The van der Waals surface area contributed by atoms with Crippen molar-refractivity contribution in [3.8, 4) is 0 Å². The van der Waals surface area contributed by atoms with Gasteiger partial charge >= 0.3 is 6.03 Å². The van der Waals surface area contributed by atoms with Gasteiger partial charge in [-0.1, -0.05) is 0 Å². The summed E-state index contributed by atoms with van der Waals surface area (Å²) in [5.74, 6) is 0.347. The van der Waals surface area contributed by atoms with E-state index in [2.05, 4.69) is 10.6 Å². The van der Waals surface area contributed by atoms with Crippen LogP contribution in [-0.4, -0.2) is 70.4 Å². The summed E-state index contributed by atoms with van der Waals surface area (Å²) in [6.07, 6.45) is 1.16. The molecule has 0 aromatic heterocycles. The summed E-state index contributed by atoms with van der Waals surface area (Å²) in [4.78, 5) is 50.2. The van der Waals surface area contributed by atoms with E-state index in [4.69, 9.17) is 0 Å². The second kappa shape index (κ2) is 5.21. The minimum atomic E-state index is -1.01. The molecule has 3 fully saturated rings. The molecule has 114 valence electrons. The maximum absolute atomic E-state index is 12.3. The summed E-state index contributed by atoms with van der Waals surface area (Å²) in [6.45, 7) is 0.745. The standard InChI is InChI=1S/C12H16N4O4S/c17-8(4-16-7-21-5-9(16)18)15-3-1-2-12(6-15)10(19)13-11(20)14-12/h1-7H2,(H2,13,14,19,20). The van der Waals surface area contributed by atoms with E-state index in [1.165, 1.54) is 16.7 Å². The molecule has 21 heavy (non-hydrogen) atoms. The van der Waals surface area contributed by atoms with Crippen LogP contribution in [0.3, 0.4) is 0 Å². The molecule has 0 radical (unpaired) electrons. The fourth-order valence-corrected chi connectivity index (χ4v) is 3.79. The molecule has 1 atom stereocenters. The Morgan fingerprint density at radius 2 is 2.14 bits per heavy atom. The van der Waals surface area contributed by atoms with Crippen LogP contribution in [-0.2, 0) is 14.4 Å². The van der Waals surface area contributed by atoms with Crippen molar-refractivity contribution in [2.75, 3.05) is 31.3 Å². The molecule has 9 heteroatoms. The van der Waals surface area contributed by atoms with Crippen molar-refractivity contribution >= 4 is 35.5 Å². The molecule has 8 nitrogen and oxygen atoms in total. The van der Waals surface area contributed by atoms with Crippen molar-refractivity contribution < 1.29 is 19.2 Å². The molecule has 3 aliphatic heterocycles. The number of hydrogen-bond acceptors (Lipinski definition) is 5. The largest absolute Gasteiger partial charge is 0.338 e. The number of amides is 5. The number of hydrogen-bond donors (Lipinski definition) is 2. The number of carbonyl (C=O) groups is 4. The molecule has 0 aromatic rings. The molecule has 2 N–H and O–H groups in total. The second-order valence-electron chi connectivity index (χ2n) is 5.48. The molecule has 3 heterocycles. The third-order valence-electron chi connectivity index (χ3n) is 4.01. The first kappa shape index (κ1) is 14.2. The zero-order chi connectivity index (χ0) is 15.0. The van der Waals surface area contributed by atoms with Crippen molar-refractivity contribution in [3.63, 3.8) is 0 Å². The van der Waals surface area contributed by atoms with Gasteiger partial charge in [-0.3, -0.25) is 19.7 Å². The van der Waals surface area contributed by atoms with E-state index in [0.717, 1.165) is 0 Å². The predicted molar refractivity (Wildman–Crippen MR) is 74.3 cm³/mol. The average molecular weight is 312 g/mol. The predicted octanol–water partition coefficient (Wildman–Crippen LogP) is -1.28. The zero-order valence-electron chi connectivity index (χ0n) is 11.4. The number of imide groups is 1. The first-order valence-electron chi connectivity index (χ1n) is 6.77. The maximum atomic E-state index is 12.3. The third-order valence-corrected chi connectivity index (χ3v) is 4.96. The monoisotopic (exact) mass is 312 g/mol. The Balaban J connectivity index is 1.66. The highest BCUT2D eigenvalue weighted by atomic mass is 32.2. The van der Waals surface area contributed by atoms with Gasteiger partial charge in [0.05, 0.1) is 18.2 Å². The summed E-state index contributed by atoms with van der Waals surface area (Å²) < 4.78 is 0. The second-order valence-corrected chi connectivity index (χ2v) is 6.43. The van der Waals surface area contributed by atoms with Crippen LogP contribution in [0.25, 0.3) is 0 Å². The van der Waals surface area contributed by atoms with Gasteiger partial charge in [-0.2, -0.15) is 0 Å². The Morgan fingerprint density at radius 1 is 1.33 bits per heavy atom. The Kier molecular flexibility index (Phi) is 3.52. The Morgan fingerprint density at radius 3 is 2.76 bits per heavy atom. The number of urea groups is 1. The number of likely N-dealkylation sites (tertiary alicyclic amines) is 1. The van der Waals surface area contributed by atoms with E-state index in [1.807, 2.05) is 0 Å². The van der Waals surface area contributed by atoms with Crippen LogP contribution in [0.2, 0.25) is 0 Å². The Bertz CT molecular complexity index is 525. The highest BCUT2D eigenvalue weighted by Crippen LogP contribution is 2.25. The van der Waals surface area contributed by atoms with E-state index in [1.54, 1.807) is 4.90 Å². The summed E-state index contributed by atoms with van der Waals surface area (Å²) in [5.41, 5.74) is -1.01. The highest BCUT2D eigenvalue weighted by molar-refractivity contribution is 8.00. The maximum Gasteiger partial charge on any atom is 0.322 e. The Hall–Kier alpha value is -1.77. The van der Waals surface area contributed by atoms with Crippen LogP contribution < -0.4 is 10.6 Å². The van der Waals surface area contributed by atoms with Crippen molar-refractivity contribution in [1.82, 2.24) is 20.4 Å². The van der Waals surface area contributed by atoms with Crippen LogP contribution >= 0.6 is 11.8 Å². The molecule has 1 spiro atoms. The molecule has 3 saturated heterocycles. The van der Waals surface area contributed by atoms with Crippen molar-refractivity contribution in [2.45, 2.75) is 18.4 Å². The van der Waals surface area contributed by atoms with E-state index >= 15 is 0 Å². The van der Waals surface area contributed by atoms with Gasteiger partial charge in [0.15, 0.2) is 0 Å². The lowest BCUT2D eigenvalue weighted by molar-refractivity contribution is -0.141. The number of rotatable bonds is 2. The molecule has 0 bridgehead atoms. The summed E-state index contributed by atoms with van der Waals surface area (Å²) in [6, 6.07) is -0.514. The van der Waals surface area contributed by atoms with Gasteiger partial charge in [-0.05, 0) is 12.8 Å².